The summed E-state index contributed by atoms with van der Waals surface area (Å²) in [5.41, 5.74) is 4.72. The maximum Gasteiger partial charge on any atom is 0.231 e. The zero-order valence-corrected chi connectivity index (χ0v) is 22.3. The minimum atomic E-state index is -0.309. The molecule has 1 heterocycles. The van der Waals surface area contributed by atoms with Crippen molar-refractivity contribution in [2.45, 2.75) is 45.8 Å². The first-order chi connectivity index (χ1) is 17.9. The monoisotopic (exact) mass is 509 g/mol. The molecule has 0 aromatic heterocycles. The number of hydrogen-bond acceptors (Lipinski definition) is 6. The van der Waals surface area contributed by atoms with E-state index >= 15 is 0 Å². The third-order valence-electron chi connectivity index (χ3n) is 7.22. The van der Waals surface area contributed by atoms with Gasteiger partial charge in [0.2, 0.25) is 11.8 Å². The van der Waals surface area contributed by atoms with Crippen molar-refractivity contribution in [3.05, 3.63) is 53.1 Å². The van der Waals surface area contributed by atoms with E-state index in [1.54, 1.807) is 14.2 Å². The minimum Gasteiger partial charge on any atom is -0.495 e. The molecule has 37 heavy (non-hydrogen) atoms. The molecule has 0 spiro atoms. The largest absolute Gasteiger partial charge is 0.495 e. The van der Waals surface area contributed by atoms with E-state index < -0.39 is 0 Å². The molecule has 8 nitrogen and oxygen atoms in total. The Morgan fingerprint density at radius 1 is 1.03 bits per heavy atom. The summed E-state index contributed by atoms with van der Waals surface area (Å²) in [6.45, 7) is 6.66. The minimum absolute atomic E-state index is 0.0797. The summed E-state index contributed by atoms with van der Waals surface area (Å²) in [6.07, 6.45) is 2.50. The summed E-state index contributed by atoms with van der Waals surface area (Å²) in [5.74, 6) is 0.0332. The number of piperidine rings is 1. The van der Waals surface area contributed by atoms with Gasteiger partial charge >= 0.3 is 0 Å². The number of hydrogen-bond donors (Lipinski definition) is 2. The van der Waals surface area contributed by atoms with Crippen LogP contribution in [0.15, 0.2) is 36.4 Å². The first-order valence-electron chi connectivity index (χ1n) is 13.1. The fourth-order valence-electron chi connectivity index (χ4n) is 4.86. The van der Waals surface area contributed by atoms with Crippen LogP contribution in [0.5, 0.6) is 5.75 Å². The number of anilines is 2. The topological polar surface area (TPSA) is 89.1 Å². The summed E-state index contributed by atoms with van der Waals surface area (Å²) in [7, 11) is 3.25. The van der Waals surface area contributed by atoms with Gasteiger partial charge in [-0.25, -0.2) is 0 Å². The molecule has 4 rings (SSSR count). The van der Waals surface area contributed by atoms with Crippen molar-refractivity contribution in [3.63, 3.8) is 0 Å². The Kier molecular flexibility index (Phi) is 9.18. The summed E-state index contributed by atoms with van der Waals surface area (Å²) < 4.78 is 16.3. The average molecular weight is 510 g/mol. The molecular formula is C29H39N3O5. The molecule has 1 saturated heterocycles. The highest BCUT2D eigenvalue weighted by atomic mass is 16.5. The number of benzene rings is 2. The first kappa shape index (κ1) is 27.1. The number of rotatable bonds is 11. The molecule has 0 radical (unpaired) electrons. The highest BCUT2D eigenvalue weighted by Crippen LogP contribution is 2.36. The Bertz CT molecular complexity index is 1100. The molecular weight excluding hydrogens is 470 g/mol. The van der Waals surface area contributed by atoms with Crippen molar-refractivity contribution in [1.29, 1.82) is 0 Å². The van der Waals surface area contributed by atoms with Gasteiger partial charge in [0, 0.05) is 31.9 Å². The van der Waals surface area contributed by atoms with Crippen LogP contribution in [0.1, 0.15) is 36.0 Å². The molecule has 2 atom stereocenters. The van der Waals surface area contributed by atoms with Gasteiger partial charge in [0.1, 0.15) is 5.75 Å². The second kappa shape index (κ2) is 12.5. The van der Waals surface area contributed by atoms with Gasteiger partial charge in [-0.3, -0.25) is 9.59 Å². The van der Waals surface area contributed by atoms with Crippen molar-refractivity contribution >= 4 is 23.2 Å². The van der Waals surface area contributed by atoms with Gasteiger partial charge in [-0.1, -0.05) is 18.2 Å². The fraction of sp³-hybridized carbons (Fsp3) is 0.517. The van der Waals surface area contributed by atoms with Gasteiger partial charge in [0.25, 0.3) is 0 Å². The molecule has 1 aliphatic carbocycles. The van der Waals surface area contributed by atoms with Crippen LogP contribution in [0.25, 0.3) is 0 Å². The molecule has 2 amide bonds. The van der Waals surface area contributed by atoms with E-state index in [-0.39, 0.29) is 29.7 Å². The van der Waals surface area contributed by atoms with Crippen molar-refractivity contribution in [2.24, 2.45) is 11.8 Å². The number of ether oxygens (including phenoxy) is 3. The van der Waals surface area contributed by atoms with Crippen LogP contribution in [0.4, 0.5) is 11.4 Å². The highest BCUT2D eigenvalue weighted by Gasteiger charge is 2.40. The second-order valence-corrected chi connectivity index (χ2v) is 10.0. The molecule has 2 N–H and O–H groups in total. The average Bonchev–Trinajstić information content (AvgIpc) is 3.74. The second-order valence-electron chi connectivity index (χ2n) is 10.0. The van der Waals surface area contributed by atoms with Crippen LogP contribution < -0.4 is 20.3 Å². The van der Waals surface area contributed by atoms with E-state index in [0.29, 0.717) is 50.8 Å². The van der Waals surface area contributed by atoms with Crippen LogP contribution in [0, 0.1) is 25.7 Å². The van der Waals surface area contributed by atoms with Crippen molar-refractivity contribution in [1.82, 2.24) is 5.32 Å². The SMILES string of the molecule is COCCOCc1cc(N(C(=O)[C@H]2CNC[C@@H](C(=O)Nc3c(C)cccc3OC)C2)C2CC2)ccc1C. The Balaban J connectivity index is 1.46. The first-order valence-corrected chi connectivity index (χ1v) is 13.1. The van der Waals surface area contributed by atoms with Gasteiger partial charge in [0.15, 0.2) is 0 Å². The lowest BCUT2D eigenvalue weighted by Gasteiger charge is -2.33. The van der Waals surface area contributed by atoms with E-state index in [4.69, 9.17) is 14.2 Å². The third-order valence-corrected chi connectivity index (χ3v) is 7.22. The molecule has 2 aliphatic rings. The van der Waals surface area contributed by atoms with Gasteiger partial charge in [-0.05, 0) is 68.0 Å². The molecule has 0 unspecified atom stereocenters. The van der Waals surface area contributed by atoms with Crippen LogP contribution in [0.2, 0.25) is 0 Å². The predicted molar refractivity (Wildman–Crippen MR) is 144 cm³/mol. The quantitative estimate of drug-likeness (QED) is 0.448. The van der Waals surface area contributed by atoms with E-state index in [1.165, 1.54) is 0 Å². The maximum absolute atomic E-state index is 13.8. The van der Waals surface area contributed by atoms with Crippen molar-refractivity contribution < 1.29 is 23.8 Å². The highest BCUT2D eigenvalue weighted by molar-refractivity contribution is 5.98. The van der Waals surface area contributed by atoms with E-state index in [2.05, 4.69) is 29.7 Å². The van der Waals surface area contributed by atoms with Crippen LogP contribution in [-0.4, -0.2) is 58.4 Å². The standard InChI is InChI=1S/C29H39N3O5/c1-19-8-9-25(15-23(19)18-37-13-12-35-3)32(24-10-11-24)29(34)22-14-21(16-30-17-22)28(33)31-27-20(2)6-5-7-26(27)36-4/h5-9,15,21-22,24,30H,10-14,16-18H2,1-4H3,(H,31,33)/t21-,22+/m0/s1. The molecule has 0 bridgehead atoms. The molecule has 1 saturated carbocycles. The fourth-order valence-corrected chi connectivity index (χ4v) is 4.86. The van der Waals surface area contributed by atoms with E-state index in [1.807, 2.05) is 36.1 Å². The Morgan fingerprint density at radius 3 is 2.54 bits per heavy atom. The van der Waals surface area contributed by atoms with Gasteiger partial charge in [-0.15, -0.1) is 0 Å². The normalized spacial score (nSPS) is 19.4. The molecule has 2 aromatic rings. The maximum atomic E-state index is 13.8. The summed E-state index contributed by atoms with van der Waals surface area (Å²) in [4.78, 5) is 29.0. The molecule has 200 valence electrons. The van der Waals surface area contributed by atoms with Gasteiger partial charge < -0.3 is 29.7 Å². The molecule has 8 heteroatoms. The number of para-hydroxylation sites is 1. The number of carbonyl (C=O) groups is 2. The third kappa shape index (κ3) is 6.69. The number of amides is 2. The smallest absolute Gasteiger partial charge is 0.231 e. The van der Waals surface area contributed by atoms with Gasteiger partial charge in [0.05, 0.1) is 44.5 Å². The zero-order chi connectivity index (χ0) is 26.4. The summed E-state index contributed by atoms with van der Waals surface area (Å²) in [6, 6.07) is 12.0. The number of nitrogens with zero attached hydrogens (tertiary/aromatic N) is 1. The van der Waals surface area contributed by atoms with Gasteiger partial charge in [-0.2, -0.15) is 0 Å². The lowest BCUT2D eigenvalue weighted by Crippen LogP contribution is -2.49. The lowest BCUT2D eigenvalue weighted by molar-refractivity contribution is -0.125. The summed E-state index contributed by atoms with van der Waals surface area (Å²) >= 11 is 0. The predicted octanol–water partition coefficient (Wildman–Crippen LogP) is 3.83. The number of methoxy groups -OCH3 is 2. The van der Waals surface area contributed by atoms with E-state index in [0.717, 1.165) is 35.2 Å². The molecule has 2 fully saturated rings. The molecule has 1 aliphatic heterocycles. The lowest BCUT2D eigenvalue weighted by atomic mass is 9.88. The Morgan fingerprint density at radius 2 is 1.81 bits per heavy atom. The zero-order valence-electron chi connectivity index (χ0n) is 22.3. The van der Waals surface area contributed by atoms with Crippen LogP contribution in [-0.2, 0) is 25.7 Å². The van der Waals surface area contributed by atoms with Crippen molar-refractivity contribution in [2.75, 3.05) is 50.7 Å². The van der Waals surface area contributed by atoms with E-state index in [9.17, 15) is 9.59 Å². The van der Waals surface area contributed by atoms with Crippen LogP contribution >= 0.6 is 0 Å². The Hall–Kier alpha value is -2.94. The van der Waals surface area contributed by atoms with Crippen molar-refractivity contribution in [3.8, 4) is 5.75 Å². The Labute approximate surface area is 219 Å². The number of nitrogens with one attached hydrogen (secondary N) is 2. The molecule has 2 aromatic carbocycles. The summed E-state index contributed by atoms with van der Waals surface area (Å²) in [5, 5.41) is 6.38. The van der Waals surface area contributed by atoms with Crippen LogP contribution in [0.3, 0.4) is 0 Å². The number of aryl methyl sites for hydroxylation is 2. The number of carbonyl (C=O) groups excluding carboxylic acids is 2.